The third-order valence-corrected chi connectivity index (χ3v) is 8.00. The summed E-state index contributed by atoms with van der Waals surface area (Å²) in [5, 5.41) is 8.95. The molecule has 41 heavy (non-hydrogen) atoms. The molecule has 0 saturated carbocycles. The normalized spacial score (nSPS) is 17.3. The highest BCUT2D eigenvalue weighted by Gasteiger charge is 2.30. The molecule has 214 valence electrons. The molecule has 0 spiro atoms. The predicted molar refractivity (Wildman–Crippen MR) is 150 cm³/mol. The number of likely N-dealkylation sites (tertiary alicyclic amines) is 1. The number of hydrogen-bond acceptors (Lipinski definition) is 6. The number of Topliss-reactive ketones (excluding diaryl/α,β-unsaturated/α-hetero) is 1. The van der Waals surface area contributed by atoms with Crippen LogP contribution in [0.1, 0.15) is 59.3 Å². The quantitative estimate of drug-likeness (QED) is 0.292. The minimum Gasteiger partial charge on any atom is -0.489 e. The number of piperidine rings is 2. The smallest absolute Gasteiger partial charge is 0.416 e. The fraction of sp³-hybridized carbons (Fsp3) is 0.406. The number of nitrogens with zero attached hydrogens (tertiary/aromatic N) is 4. The second kappa shape index (κ2) is 12.7. The van der Waals surface area contributed by atoms with Crippen LogP contribution in [0.2, 0.25) is 0 Å². The second-order valence-corrected chi connectivity index (χ2v) is 10.9. The van der Waals surface area contributed by atoms with Gasteiger partial charge in [-0.25, -0.2) is 4.98 Å². The Morgan fingerprint density at radius 1 is 0.927 bits per heavy atom. The maximum absolute atomic E-state index is 12.9. The molecule has 2 aliphatic rings. The topological polar surface area (TPSA) is 69.5 Å². The molecule has 2 aliphatic heterocycles. The number of ether oxygens (including phenoxy) is 1. The van der Waals surface area contributed by atoms with E-state index in [1.54, 1.807) is 18.3 Å². The van der Waals surface area contributed by atoms with Crippen molar-refractivity contribution in [2.75, 3.05) is 31.1 Å². The molecule has 3 aromatic rings. The first-order valence-corrected chi connectivity index (χ1v) is 14.1. The van der Waals surface area contributed by atoms with E-state index < -0.39 is 11.7 Å². The molecule has 3 heterocycles. The van der Waals surface area contributed by atoms with Crippen LogP contribution in [0.4, 0.5) is 18.9 Å². The summed E-state index contributed by atoms with van der Waals surface area (Å²) in [5.74, 6) is 1.00. The fourth-order valence-corrected chi connectivity index (χ4v) is 5.56. The van der Waals surface area contributed by atoms with Gasteiger partial charge < -0.3 is 9.64 Å². The summed E-state index contributed by atoms with van der Waals surface area (Å²) in [6, 6.07) is 18.6. The Balaban J connectivity index is 1.04. The molecule has 1 aromatic heterocycles. The number of carbonyl (C=O) groups excluding carboxylic acids is 1. The van der Waals surface area contributed by atoms with Crippen molar-refractivity contribution in [3.63, 3.8) is 0 Å². The van der Waals surface area contributed by atoms with E-state index in [2.05, 4.69) is 20.9 Å². The van der Waals surface area contributed by atoms with Crippen molar-refractivity contribution >= 4 is 11.5 Å². The molecule has 2 fully saturated rings. The van der Waals surface area contributed by atoms with Gasteiger partial charge in [0.05, 0.1) is 23.4 Å². The van der Waals surface area contributed by atoms with Crippen molar-refractivity contribution in [1.82, 2.24) is 9.88 Å². The van der Waals surface area contributed by atoms with Gasteiger partial charge in [-0.1, -0.05) is 12.1 Å². The van der Waals surface area contributed by atoms with Crippen LogP contribution in [0.15, 0.2) is 66.9 Å². The van der Waals surface area contributed by atoms with E-state index in [0.29, 0.717) is 42.4 Å². The lowest BCUT2D eigenvalue weighted by molar-refractivity contribution is -0.137. The van der Waals surface area contributed by atoms with E-state index in [0.717, 1.165) is 63.1 Å². The number of rotatable bonds is 8. The number of carbonyl (C=O) groups is 1. The summed E-state index contributed by atoms with van der Waals surface area (Å²) >= 11 is 0. The molecule has 0 amide bonds. The molecule has 9 heteroatoms. The van der Waals surface area contributed by atoms with E-state index in [-0.39, 0.29) is 11.9 Å². The number of pyridine rings is 1. The Bertz CT molecular complexity index is 1340. The molecular formula is C32H33F3N4O2. The van der Waals surface area contributed by atoms with Gasteiger partial charge in [-0.05, 0) is 85.9 Å². The molecule has 0 unspecified atom stereocenters. The van der Waals surface area contributed by atoms with Crippen LogP contribution in [0.25, 0.3) is 0 Å². The van der Waals surface area contributed by atoms with Crippen molar-refractivity contribution in [2.45, 2.75) is 50.9 Å². The fourth-order valence-electron chi connectivity index (χ4n) is 5.56. The Morgan fingerprint density at radius 2 is 1.61 bits per heavy atom. The molecule has 2 aromatic carbocycles. The molecule has 5 rings (SSSR count). The number of halogens is 3. The zero-order chi connectivity index (χ0) is 28.8. The highest BCUT2D eigenvalue weighted by atomic mass is 19.4. The first kappa shape index (κ1) is 28.6. The van der Waals surface area contributed by atoms with E-state index in [1.807, 2.05) is 24.3 Å². The van der Waals surface area contributed by atoms with Gasteiger partial charge in [0.2, 0.25) is 0 Å². The van der Waals surface area contributed by atoms with E-state index in [4.69, 9.17) is 10.00 Å². The third kappa shape index (κ3) is 7.65. The van der Waals surface area contributed by atoms with Gasteiger partial charge >= 0.3 is 6.18 Å². The predicted octanol–water partition coefficient (Wildman–Crippen LogP) is 6.50. The second-order valence-electron chi connectivity index (χ2n) is 10.9. The van der Waals surface area contributed by atoms with Gasteiger partial charge in [-0.3, -0.25) is 9.69 Å². The van der Waals surface area contributed by atoms with Gasteiger partial charge in [0.25, 0.3) is 0 Å². The number of alkyl halides is 3. The Morgan fingerprint density at radius 3 is 2.20 bits per heavy atom. The molecule has 0 aliphatic carbocycles. The zero-order valence-electron chi connectivity index (χ0n) is 22.8. The summed E-state index contributed by atoms with van der Waals surface area (Å²) in [7, 11) is 0. The van der Waals surface area contributed by atoms with Gasteiger partial charge in [0.1, 0.15) is 17.5 Å². The lowest BCUT2D eigenvalue weighted by atomic mass is 9.90. The maximum atomic E-state index is 12.9. The number of nitriles is 1. The average Bonchev–Trinajstić information content (AvgIpc) is 2.99. The monoisotopic (exact) mass is 562 g/mol. The van der Waals surface area contributed by atoms with Crippen LogP contribution in [0.3, 0.4) is 0 Å². The van der Waals surface area contributed by atoms with Crippen molar-refractivity contribution < 1.29 is 22.7 Å². The molecule has 0 radical (unpaired) electrons. The largest absolute Gasteiger partial charge is 0.489 e. The first-order chi connectivity index (χ1) is 19.8. The van der Waals surface area contributed by atoms with E-state index in [1.165, 1.54) is 17.7 Å². The number of benzene rings is 2. The van der Waals surface area contributed by atoms with Crippen molar-refractivity contribution in [1.29, 1.82) is 5.26 Å². The number of anilines is 1. The van der Waals surface area contributed by atoms with Crippen LogP contribution in [0.5, 0.6) is 5.75 Å². The molecule has 2 saturated heterocycles. The maximum Gasteiger partial charge on any atom is 0.416 e. The van der Waals surface area contributed by atoms with Crippen molar-refractivity contribution in [3.05, 3.63) is 89.2 Å². The summed E-state index contributed by atoms with van der Waals surface area (Å²) in [6.45, 7) is 4.10. The summed E-state index contributed by atoms with van der Waals surface area (Å²) in [6.07, 6.45) is 1.16. The molecule has 0 atom stereocenters. The first-order valence-electron chi connectivity index (χ1n) is 14.1. The van der Waals surface area contributed by atoms with Crippen LogP contribution < -0.4 is 9.64 Å². The highest BCUT2D eigenvalue weighted by molar-refractivity contribution is 5.94. The van der Waals surface area contributed by atoms with Crippen LogP contribution in [-0.2, 0) is 12.7 Å². The average molecular weight is 563 g/mol. The van der Waals surface area contributed by atoms with Crippen LogP contribution in [0, 0.1) is 17.2 Å². The Kier molecular flexibility index (Phi) is 8.89. The highest BCUT2D eigenvalue weighted by Crippen LogP contribution is 2.31. The third-order valence-electron chi connectivity index (χ3n) is 8.00. The van der Waals surface area contributed by atoms with Gasteiger partial charge in [0, 0.05) is 44.6 Å². The van der Waals surface area contributed by atoms with Gasteiger partial charge in [-0.15, -0.1) is 0 Å². The Labute approximate surface area is 238 Å². The van der Waals surface area contributed by atoms with Crippen molar-refractivity contribution in [3.8, 4) is 11.8 Å². The van der Waals surface area contributed by atoms with Gasteiger partial charge in [-0.2, -0.15) is 18.4 Å². The molecule has 0 N–H and O–H groups in total. The number of hydrogen-bond donors (Lipinski definition) is 0. The van der Waals surface area contributed by atoms with Crippen LogP contribution >= 0.6 is 0 Å². The van der Waals surface area contributed by atoms with E-state index in [9.17, 15) is 18.0 Å². The zero-order valence-corrected chi connectivity index (χ0v) is 22.8. The van der Waals surface area contributed by atoms with Gasteiger partial charge in [0.15, 0.2) is 5.78 Å². The minimum atomic E-state index is -4.33. The summed E-state index contributed by atoms with van der Waals surface area (Å²) in [5.41, 5.74) is 2.44. The lowest BCUT2D eigenvalue weighted by Crippen LogP contribution is -2.38. The van der Waals surface area contributed by atoms with Crippen molar-refractivity contribution in [2.24, 2.45) is 5.92 Å². The van der Waals surface area contributed by atoms with Crippen LogP contribution in [-0.4, -0.2) is 48.0 Å². The SMILES string of the molecule is N#Cc1ccc(CN2CCC(CC(=O)c3ccc(OC4CCN(c5ccc(C(F)(F)F)cc5)CC4)cn3)CC2)cc1. The summed E-state index contributed by atoms with van der Waals surface area (Å²) in [4.78, 5) is 21.7. The molecule has 6 nitrogen and oxygen atoms in total. The van der Waals surface area contributed by atoms with E-state index >= 15 is 0 Å². The summed E-state index contributed by atoms with van der Waals surface area (Å²) < 4.78 is 44.6. The number of aromatic nitrogens is 1. The minimum absolute atomic E-state index is 0.0153. The lowest BCUT2D eigenvalue weighted by Gasteiger charge is -2.33. The molecular weight excluding hydrogens is 529 g/mol. The number of ketones is 1. The molecule has 0 bridgehead atoms. The Hall–Kier alpha value is -3.90. The standard InChI is InChI=1S/C32H33F3N4O2/c33-32(34,35)26-5-7-27(8-6-26)39-17-13-28(14-18-39)41-29-9-10-30(37-21-29)31(40)19-23-11-15-38(16-12-23)22-25-3-1-24(20-36)2-4-25/h1-10,21,23,28H,11-19,22H2.